The van der Waals surface area contributed by atoms with Gasteiger partial charge in [-0.15, -0.1) is 0 Å². The van der Waals surface area contributed by atoms with E-state index in [4.69, 9.17) is 4.74 Å². The number of hydrogen-bond acceptors (Lipinski definition) is 4. The number of aryl methyl sites for hydroxylation is 3. The van der Waals surface area contributed by atoms with Gasteiger partial charge in [-0.25, -0.2) is 0 Å². The number of carbonyl (C=O) groups is 1. The van der Waals surface area contributed by atoms with Crippen molar-refractivity contribution in [3.63, 3.8) is 0 Å². The molecule has 1 aromatic carbocycles. The van der Waals surface area contributed by atoms with Crippen LogP contribution in [0, 0.1) is 12.8 Å². The highest BCUT2D eigenvalue weighted by Crippen LogP contribution is 2.27. The molecule has 1 aliphatic carbocycles. The van der Waals surface area contributed by atoms with Crippen LogP contribution < -0.4 is 0 Å². The van der Waals surface area contributed by atoms with Crippen LogP contribution in [-0.2, 0) is 36.0 Å². The Balaban J connectivity index is 1.47. The van der Waals surface area contributed by atoms with Crippen LogP contribution in [0.3, 0.4) is 0 Å². The predicted octanol–water partition coefficient (Wildman–Crippen LogP) is 2.19. The molecule has 0 saturated carbocycles. The molecular formula is C23H32N4O2. The van der Waals surface area contributed by atoms with E-state index in [0.717, 1.165) is 70.0 Å². The minimum atomic E-state index is 0.0731. The highest BCUT2D eigenvalue weighted by atomic mass is 16.5. The molecule has 29 heavy (non-hydrogen) atoms. The van der Waals surface area contributed by atoms with Crippen molar-refractivity contribution in [2.45, 2.75) is 32.7 Å². The lowest BCUT2D eigenvalue weighted by atomic mass is 9.83. The summed E-state index contributed by atoms with van der Waals surface area (Å²) >= 11 is 0. The summed E-state index contributed by atoms with van der Waals surface area (Å²) in [7, 11) is 1.96. The Hall–Kier alpha value is -2.18. The van der Waals surface area contributed by atoms with Crippen molar-refractivity contribution in [1.29, 1.82) is 0 Å². The van der Waals surface area contributed by atoms with Crippen LogP contribution in [0.5, 0.6) is 0 Å². The average molecular weight is 397 g/mol. The average Bonchev–Trinajstić information content (AvgIpc) is 3.07. The SMILES string of the molecule is Cc1cc(CN(CCN2CCOCC2)C(=O)[C@H]2CCc3ccccc3C2)n(C)n1. The highest BCUT2D eigenvalue weighted by molar-refractivity contribution is 5.79. The lowest BCUT2D eigenvalue weighted by molar-refractivity contribution is -0.137. The number of benzene rings is 1. The van der Waals surface area contributed by atoms with Gasteiger partial charge in [-0.3, -0.25) is 14.4 Å². The first-order valence-electron chi connectivity index (χ1n) is 10.8. The molecule has 1 atom stereocenters. The summed E-state index contributed by atoms with van der Waals surface area (Å²) in [5.41, 5.74) is 4.82. The number of carbonyl (C=O) groups excluding carboxylic acids is 1. The second-order valence-electron chi connectivity index (χ2n) is 8.32. The van der Waals surface area contributed by atoms with E-state index in [1.807, 2.05) is 18.7 Å². The molecule has 0 bridgehead atoms. The fraction of sp³-hybridized carbons (Fsp3) is 0.565. The number of morpholine rings is 1. The fourth-order valence-electron chi connectivity index (χ4n) is 4.53. The Morgan fingerprint density at radius 3 is 2.72 bits per heavy atom. The minimum Gasteiger partial charge on any atom is -0.379 e. The van der Waals surface area contributed by atoms with E-state index in [-0.39, 0.29) is 11.8 Å². The molecule has 6 heteroatoms. The van der Waals surface area contributed by atoms with Crippen LogP contribution in [0.1, 0.15) is 28.9 Å². The van der Waals surface area contributed by atoms with E-state index in [2.05, 4.69) is 45.2 Å². The van der Waals surface area contributed by atoms with E-state index in [1.165, 1.54) is 11.1 Å². The zero-order chi connectivity index (χ0) is 20.2. The molecule has 1 aliphatic heterocycles. The van der Waals surface area contributed by atoms with Crippen molar-refractivity contribution < 1.29 is 9.53 Å². The molecule has 2 aromatic rings. The van der Waals surface area contributed by atoms with E-state index in [9.17, 15) is 4.79 Å². The van der Waals surface area contributed by atoms with Crippen LogP contribution >= 0.6 is 0 Å². The van der Waals surface area contributed by atoms with Gasteiger partial charge < -0.3 is 9.64 Å². The smallest absolute Gasteiger partial charge is 0.226 e. The van der Waals surface area contributed by atoms with Crippen molar-refractivity contribution in [2.75, 3.05) is 39.4 Å². The monoisotopic (exact) mass is 396 g/mol. The Morgan fingerprint density at radius 1 is 1.24 bits per heavy atom. The summed E-state index contributed by atoms with van der Waals surface area (Å²) in [6.45, 7) is 7.74. The summed E-state index contributed by atoms with van der Waals surface area (Å²) < 4.78 is 7.37. The summed E-state index contributed by atoms with van der Waals surface area (Å²) in [4.78, 5) is 18.0. The molecule has 1 amide bonds. The van der Waals surface area contributed by atoms with Gasteiger partial charge in [0.05, 0.1) is 31.1 Å². The van der Waals surface area contributed by atoms with Gasteiger partial charge in [-0.2, -0.15) is 5.10 Å². The van der Waals surface area contributed by atoms with Crippen molar-refractivity contribution in [1.82, 2.24) is 19.6 Å². The van der Waals surface area contributed by atoms with Crippen molar-refractivity contribution in [2.24, 2.45) is 13.0 Å². The summed E-state index contributed by atoms with van der Waals surface area (Å²) in [5.74, 6) is 0.357. The van der Waals surface area contributed by atoms with Crippen LogP contribution in [-0.4, -0.2) is 64.9 Å². The summed E-state index contributed by atoms with van der Waals surface area (Å²) in [6, 6.07) is 10.6. The van der Waals surface area contributed by atoms with Gasteiger partial charge >= 0.3 is 0 Å². The molecule has 0 spiro atoms. The zero-order valence-corrected chi connectivity index (χ0v) is 17.6. The maximum atomic E-state index is 13.6. The van der Waals surface area contributed by atoms with E-state index < -0.39 is 0 Å². The molecule has 156 valence electrons. The topological polar surface area (TPSA) is 50.6 Å². The maximum absolute atomic E-state index is 13.6. The third-order valence-corrected chi connectivity index (χ3v) is 6.25. The molecule has 1 saturated heterocycles. The van der Waals surface area contributed by atoms with Crippen LogP contribution in [0.15, 0.2) is 30.3 Å². The normalized spacial score (nSPS) is 19.7. The first-order valence-corrected chi connectivity index (χ1v) is 10.8. The van der Waals surface area contributed by atoms with Gasteiger partial charge in [0.1, 0.15) is 0 Å². The van der Waals surface area contributed by atoms with Crippen molar-refractivity contribution in [3.05, 3.63) is 52.8 Å². The first-order chi connectivity index (χ1) is 14.1. The number of rotatable bonds is 6. The summed E-state index contributed by atoms with van der Waals surface area (Å²) in [5, 5.41) is 4.47. The number of ether oxygens (including phenoxy) is 1. The Labute approximate surface area is 173 Å². The van der Waals surface area contributed by atoms with E-state index >= 15 is 0 Å². The minimum absolute atomic E-state index is 0.0731. The second kappa shape index (κ2) is 9.09. The number of aromatic nitrogens is 2. The zero-order valence-electron chi connectivity index (χ0n) is 17.6. The van der Waals surface area contributed by atoms with E-state index in [1.54, 1.807) is 0 Å². The third-order valence-electron chi connectivity index (χ3n) is 6.25. The fourth-order valence-corrected chi connectivity index (χ4v) is 4.53. The number of amides is 1. The first kappa shape index (κ1) is 20.1. The van der Waals surface area contributed by atoms with Gasteiger partial charge in [0.25, 0.3) is 0 Å². The van der Waals surface area contributed by atoms with Crippen molar-refractivity contribution in [3.8, 4) is 0 Å². The van der Waals surface area contributed by atoms with Gasteiger partial charge in [0.15, 0.2) is 0 Å². The highest BCUT2D eigenvalue weighted by Gasteiger charge is 2.29. The third kappa shape index (κ3) is 4.87. The molecule has 0 unspecified atom stereocenters. The molecule has 1 fully saturated rings. The molecule has 2 heterocycles. The summed E-state index contributed by atoms with van der Waals surface area (Å²) in [6.07, 6.45) is 2.79. The molecule has 0 N–H and O–H groups in total. The molecular weight excluding hydrogens is 364 g/mol. The Bertz CT molecular complexity index is 841. The lowest BCUT2D eigenvalue weighted by Crippen LogP contribution is -2.45. The standard InChI is InChI=1S/C23H32N4O2/c1-18-15-22(25(2)24-18)17-27(10-9-26-11-13-29-14-12-26)23(28)21-8-7-19-5-3-4-6-20(19)16-21/h3-6,15,21H,7-14,16-17H2,1-2H3/t21-/m0/s1. The van der Waals surface area contributed by atoms with Gasteiger partial charge in [0.2, 0.25) is 5.91 Å². The Kier molecular flexibility index (Phi) is 6.31. The largest absolute Gasteiger partial charge is 0.379 e. The predicted molar refractivity (Wildman–Crippen MR) is 113 cm³/mol. The molecule has 4 rings (SSSR count). The van der Waals surface area contributed by atoms with Gasteiger partial charge in [0, 0.05) is 39.1 Å². The molecule has 2 aliphatic rings. The number of fused-ring (bicyclic) bond motifs is 1. The van der Waals surface area contributed by atoms with Gasteiger partial charge in [-0.05, 0) is 43.4 Å². The Morgan fingerprint density at radius 2 is 2.00 bits per heavy atom. The maximum Gasteiger partial charge on any atom is 0.226 e. The van der Waals surface area contributed by atoms with Crippen LogP contribution in [0.4, 0.5) is 0 Å². The van der Waals surface area contributed by atoms with E-state index in [0.29, 0.717) is 6.54 Å². The molecule has 6 nitrogen and oxygen atoms in total. The lowest BCUT2D eigenvalue weighted by Gasteiger charge is -2.33. The van der Waals surface area contributed by atoms with Crippen LogP contribution in [0.25, 0.3) is 0 Å². The quantitative estimate of drug-likeness (QED) is 0.751. The molecule has 1 aromatic heterocycles. The number of nitrogens with zero attached hydrogens (tertiary/aromatic N) is 4. The van der Waals surface area contributed by atoms with Crippen LogP contribution in [0.2, 0.25) is 0 Å². The van der Waals surface area contributed by atoms with Gasteiger partial charge in [-0.1, -0.05) is 24.3 Å². The number of hydrogen-bond donors (Lipinski definition) is 0. The molecule has 0 radical (unpaired) electrons. The van der Waals surface area contributed by atoms with Crippen molar-refractivity contribution >= 4 is 5.91 Å². The second-order valence-corrected chi connectivity index (χ2v) is 8.32.